The molecule has 2 aromatic heterocycles. The van der Waals surface area contributed by atoms with Crippen molar-refractivity contribution in [2.45, 2.75) is 26.4 Å². The zero-order chi connectivity index (χ0) is 19.4. The minimum Gasteiger partial charge on any atom is -0.443 e. The van der Waals surface area contributed by atoms with E-state index in [1.807, 2.05) is 0 Å². The molecule has 0 radical (unpaired) electrons. The lowest BCUT2D eigenvalue weighted by molar-refractivity contribution is 0.0589. The number of pyridine rings is 1. The Balaban J connectivity index is 2.29. The largest absolute Gasteiger partial charge is 0.443 e. The molecular formula is C17H15BrClF2N3O2. The minimum atomic E-state index is -1.11. The SMILES string of the molecule is CN(C(=O)OC(C)(C)C)c1cc(F)c(F)c2c1[nH]c1ncc(Br)c(Cl)c12. The Bertz CT molecular complexity index is 1050. The summed E-state index contributed by atoms with van der Waals surface area (Å²) >= 11 is 9.48. The normalized spacial score (nSPS) is 12.0. The fraction of sp³-hybridized carbons (Fsp3) is 0.294. The van der Waals surface area contributed by atoms with E-state index in [1.165, 1.54) is 13.2 Å². The Hall–Kier alpha value is -1.93. The lowest BCUT2D eigenvalue weighted by Gasteiger charge is -2.25. The van der Waals surface area contributed by atoms with Crippen molar-refractivity contribution < 1.29 is 18.3 Å². The lowest BCUT2D eigenvalue weighted by Crippen LogP contribution is -2.34. The first-order valence-corrected chi connectivity index (χ1v) is 8.78. The third-order valence-corrected chi connectivity index (χ3v) is 4.92. The third-order valence-electron chi connectivity index (χ3n) is 3.69. The maximum Gasteiger partial charge on any atom is 0.414 e. The van der Waals surface area contributed by atoms with Crippen molar-refractivity contribution in [2.75, 3.05) is 11.9 Å². The summed E-state index contributed by atoms with van der Waals surface area (Å²) in [6.45, 7) is 5.14. The topological polar surface area (TPSA) is 58.2 Å². The van der Waals surface area contributed by atoms with Crippen molar-refractivity contribution in [1.29, 1.82) is 0 Å². The molecule has 0 atom stereocenters. The van der Waals surface area contributed by atoms with Crippen LogP contribution in [0, 0.1) is 11.6 Å². The van der Waals surface area contributed by atoms with Crippen molar-refractivity contribution in [3.05, 3.63) is 33.4 Å². The third kappa shape index (κ3) is 3.12. The first kappa shape index (κ1) is 18.8. The zero-order valence-electron chi connectivity index (χ0n) is 14.4. The first-order valence-electron chi connectivity index (χ1n) is 7.61. The summed E-state index contributed by atoms with van der Waals surface area (Å²) in [7, 11) is 1.41. The van der Waals surface area contributed by atoms with E-state index in [9.17, 15) is 13.6 Å². The van der Waals surface area contributed by atoms with Gasteiger partial charge in [0.2, 0.25) is 0 Å². The highest BCUT2D eigenvalue weighted by Crippen LogP contribution is 2.40. The van der Waals surface area contributed by atoms with Crippen molar-refractivity contribution in [2.24, 2.45) is 0 Å². The summed E-state index contributed by atoms with van der Waals surface area (Å²) < 4.78 is 34.6. The second-order valence-electron chi connectivity index (χ2n) is 6.75. The van der Waals surface area contributed by atoms with Gasteiger partial charge in [-0.25, -0.2) is 18.6 Å². The van der Waals surface area contributed by atoms with Crippen molar-refractivity contribution in [1.82, 2.24) is 9.97 Å². The van der Waals surface area contributed by atoms with Gasteiger partial charge in [0, 0.05) is 24.7 Å². The number of hydrogen-bond acceptors (Lipinski definition) is 3. The van der Waals surface area contributed by atoms with Crippen LogP contribution in [0.3, 0.4) is 0 Å². The number of fused-ring (bicyclic) bond motifs is 3. The summed E-state index contributed by atoms with van der Waals surface area (Å²) in [5, 5.41) is 0.340. The van der Waals surface area contributed by atoms with E-state index in [-0.39, 0.29) is 32.6 Å². The molecule has 1 aromatic carbocycles. The number of nitrogens with one attached hydrogen (secondary N) is 1. The van der Waals surface area contributed by atoms with Gasteiger partial charge >= 0.3 is 6.09 Å². The molecule has 9 heteroatoms. The van der Waals surface area contributed by atoms with Crippen molar-refractivity contribution in [3.8, 4) is 0 Å². The molecule has 1 N–H and O–H groups in total. The van der Waals surface area contributed by atoms with E-state index in [4.69, 9.17) is 16.3 Å². The predicted octanol–water partition coefficient (Wildman–Crippen LogP) is 5.78. The Morgan fingerprint density at radius 2 is 2.00 bits per heavy atom. The number of hydrogen-bond donors (Lipinski definition) is 1. The van der Waals surface area contributed by atoms with Crippen LogP contribution in [-0.2, 0) is 4.74 Å². The second-order valence-corrected chi connectivity index (χ2v) is 7.98. The molecule has 0 saturated carbocycles. The zero-order valence-corrected chi connectivity index (χ0v) is 16.7. The average molecular weight is 447 g/mol. The number of halogens is 4. The molecule has 3 rings (SSSR count). The van der Waals surface area contributed by atoms with Gasteiger partial charge in [0.15, 0.2) is 11.6 Å². The molecule has 0 saturated heterocycles. The van der Waals surface area contributed by atoms with Gasteiger partial charge in [-0.2, -0.15) is 0 Å². The molecule has 5 nitrogen and oxygen atoms in total. The fourth-order valence-corrected chi connectivity index (χ4v) is 3.11. The van der Waals surface area contributed by atoms with Crippen LogP contribution >= 0.6 is 27.5 Å². The quantitative estimate of drug-likeness (QED) is 0.515. The van der Waals surface area contributed by atoms with Crippen LogP contribution in [0.1, 0.15) is 20.8 Å². The van der Waals surface area contributed by atoms with Crippen molar-refractivity contribution >= 4 is 61.2 Å². The Kier molecular flexibility index (Phi) is 4.60. The number of H-pyrrole nitrogens is 1. The van der Waals surface area contributed by atoms with E-state index in [1.54, 1.807) is 20.8 Å². The molecular weight excluding hydrogens is 432 g/mol. The maximum absolute atomic E-state index is 14.6. The predicted molar refractivity (Wildman–Crippen MR) is 101 cm³/mol. The Morgan fingerprint density at radius 1 is 1.35 bits per heavy atom. The van der Waals surface area contributed by atoms with Gasteiger partial charge in [0.25, 0.3) is 0 Å². The number of carbonyl (C=O) groups is 1. The highest BCUT2D eigenvalue weighted by molar-refractivity contribution is 9.10. The molecule has 0 unspecified atom stereocenters. The van der Waals surface area contributed by atoms with Gasteiger partial charge in [-0.05, 0) is 36.7 Å². The highest BCUT2D eigenvalue weighted by atomic mass is 79.9. The van der Waals surface area contributed by atoms with E-state index in [0.717, 1.165) is 11.0 Å². The summed E-state index contributed by atoms with van der Waals surface area (Å²) in [6.07, 6.45) is 0.745. The number of anilines is 1. The summed E-state index contributed by atoms with van der Waals surface area (Å²) in [5.41, 5.74) is -0.159. The van der Waals surface area contributed by atoms with E-state index >= 15 is 0 Å². The molecule has 0 aliphatic rings. The van der Waals surface area contributed by atoms with Crippen LogP contribution < -0.4 is 4.90 Å². The molecule has 0 spiro atoms. The molecule has 0 bridgehead atoms. The number of carbonyl (C=O) groups excluding carboxylic acids is 1. The number of benzene rings is 1. The van der Waals surface area contributed by atoms with Crippen LogP contribution in [0.5, 0.6) is 0 Å². The maximum atomic E-state index is 14.6. The molecule has 0 aliphatic heterocycles. The standard InChI is InChI=1S/C17H15BrClF2N3O2/c1-17(2,3)26-16(25)24(4)9-5-8(20)13(21)11-10-12(19)7(18)6-22-15(10)23-14(9)11/h5-6H,1-4H3,(H,22,23). The van der Waals surface area contributed by atoms with Gasteiger partial charge in [0.05, 0.1) is 26.1 Å². The van der Waals surface area contributed by atoms with Gasteiger partial charge in [0.1, 0.15) is 11.2 Å². The summed E-state index contributed by atoms with van der Waals surface area (Å²) in [4.78, 5) is 20.5. The molecule has 26 heavy (non-hydrogen) atoms. The summed E-state index contributed by atoms with van der Waals surface area (Å²) in [6, 6.07) is 0.930. The van der Waals surface area contributed by atoms with Crippen molar-refractivity contribution in [3.63, 3.8) is 0 Å². The molecule has 1 amide bonds. The smallest absolute Gasteiger partial charge is 0.414 e. The number of nitrogens with zero attached hydrogens (tertiary/aromatic N) is 2. The van der Waals surface area contributed by atoms with Gasteiger partial charge in [-0.3, -0.25) is 4.90 Å². The van der Waals surface area contributed by atoms with Gasteiger partial charge in [-0.1, -0.05) is 11.6 Å². The van der Waals surface area contributed by atoms with Crippen LogP contribution in [-0.4, -0.2) is 28.7 Å². The number of aromatic nitrogens is 2. The molecule has 138 valence electrons. The molecule has 0 aliphatic carbocycles. The monoisotopic (exact) mass is 445 g/mol. The number of rotatable bonds is 1. The highest BCUT2D eigenvalue weighted by Gasteiger charge is 2.26. The fourth-order valence-electron chi connectivity index (χ4n) is 2.57. The molecule has 2 heterocycles. The van der Waals surface area contributed by atoms with E-state index in [0.29, 0.717) is 4.47 Å². The number of aromatic amines is 1. The first-order chi connectivity index (χ1) is 12.0. The lowest BCUT2D eigenvalue weighted by atomic mass is 10.1. The number of ether oxygens (including phenoxy) is 1. The number of amides is 1. The van der Waals surface area contributed by atoms with E-state index < -0.39 is 23.3 Å². The Morgan fingerprint density at radius 3 is 2.62 bits per heavy atom. The van der Waals surface area contributed by atoms with Crippen LogP contribution in [0.15, 0.2) is 16.7 Å². The van der Waals surface area contributed by atoms with Gasteiger partial charge in [-0.15, -0.1) is 0 Å². The second kappa shape index (κ2) is 6.35. The Labute approximate surface area is 161 Å². The van der Waals surface area contributed by atoms with Crippen LogP contribution in [0.4, 0.5) is 19.3 Å². The van der Waals surface area contributed by atoms with Crippen LogP contribution in [0.25, 0.3) is 21.9 Å². The summed E-state index contributed by atoms with van der Waals surface area (Å²) in [5.74, 6) is -2.19. The average Bonchev–Trinajstić information content (AvgIpc) is 2.92. The minimum absolute atomic E-state index is 0.0794. The molecule has 3 aromatic rings. The molecule has 0 fully saturated rings. The van der Waals surface area contributed by atoms with E-state index in [2.05, 4.69) is 25.9 Å². The van der Waals surface area contributed by atoms with Crippen LogP contribution in [0.2, 0.25) is 5.02 Å². The van der Waals surface area contributed by atoms with Gasteiger partial charge < -0.3 is 9.72 Å².